The van der Waals surface area contributed by atoms with Crippen LogP contribution in [0.2, 0.25) is 0 Å². The van der Waals surface area contributed by atoms with Gasteiger partial charge in [0.15, 0.2) is 0 Å². The van der Waals surface area contributed by atoms with Crippen LogP contribution in [0.25, 0.3) is 0 Å². The molecule has 8 radical (unpaired) electrons. The third kappa shape index (κ3) is 36.9. The Morgan fingerprint density at radius 3 is 1.23 bits per heavy atom. The van der Waals surface area contributed by atoms with Gasteiger partial charge in [-0.2, -0.15) is 0 Å². The standard InChI is InChI=1S/C20H18OSe.9CO.Cr.2Fe.Se/c1-2-21-18-14-17(13-15-9-5-3-6-10-15)19(20(18)22)16-11-7-4-8-12-16;9*1-2;;;;/h3-12,14H,2,13H2,1H3;;;;;;;;;;;;;. The summed E-state index contributed by atoms with van der Waals surface area (Å²) in [6.45, 7) is 43.2. The minimum Gasteiger partial charge on any atom is 0 e. The van der Waals surface area contributed by atoms with Crippen molar-refractivity contribution in [2.75, 3.05) is 6.61 Å². The quantitative estimate of drug-likeness (QED) is 0.250. The van der Waals surface area contributed by atoms with E-state index in [0.29, 0.717) is 6.61 Å². The van der Waals surface area contributed by atoms with Crippen LogP contribution in [-0.4, -0.2) is 39.7 Å². The minimum atomic E-state index is 0. The third-order valence-electron chi connectivity index (χ3n) is 3.68. The van der Waals surface area contributed by atoms with Crippen molar-refractivity contribution in [2.24, 2.45) is 0 Å². The first kappa shape index (κ1) is 73.9. The van der Waals surface area contributed by atoms with Crippen LogP contribution in [0.5, 0.6) is 0 Å². The topological polar surface area (TPSA) is 188 Å². The van der Waals surface area contributed by atoms with E-state index < -0.39 is 0 Å². The average Bonchev–Trinajstić information content (AvgIpc) is 3.40. The molecule has 10 nitrogen and oxygen atoms in total. The molecule has 2 aromatic carbocycles. The molecule has 0 N–H and O–H groups in total. The van der Waals surface area contributed by atoms with Gasteiger partial charge in [0.25, 0.3) is 0 Å². The van der Waals surface area contributed by atoms with Gasteiger partial charge in [-0.25, -0.2) is 0 Å². The van der Waals surface area contributed by atoms with E-state index in [2.05, 4.69) is 137 Å². The molecule has 15 heteroatoms. The first-order valence-corrected chi connectivity index (χ1v) is 10.2. The molecule has 0 amide bonds. The fourth-order valence-corrected chi connectivity index (χ4v) is 3.47. The van der Waals surface area contributed by atoms with Crippen molar-refractivity contribution in [1.82, 2.24) is 0 Å². The zero-order valence-electron chi connectivity index (χ0n) is 22.3. The monoisotopic (exact) mass is 850 g/mol. The van der Waals surface area contributed by atoms with Crippen molar-refractivity contribution in [3.8, 4) is 0 Å². The van der Waals surface area contributed by atoms with E-state index in [9.17, 15) is 0 Å². The van der Waals surface area contributed by atoms with Gasteiger partial charge >= 0.3 is 243 Å². The van der Waals surface area contributed by atoms with Gasteiger partial charge in [0.1, 0.15) is 0 Å². The van der Waals surface area contributed by atoms with Crippen LogP contribution in [0.15, 0.2) is 60.7 Å². The average molecular weight is 848 g/mol. The maximum absolute atomic E-state index is 7.50. The first-order valence-electron chi connectivity index (χ1n) is 9.35. The summed E-state index contributed by atoms with van der Waals surface area (Å²) in [5.41, 5.74) is 2.54. The number of benzene rings is 2. The molecule has 1 saturated carbocycles. The summed E-state index contributed by atoms with van der Waals surface area (Å²) in [6, 6.07) is 21.1. The molecule has 0 atom stereocenters. The molecule has 228 valence electrons. The summed E-state index contributed by atoms with van der Waals surface area (Å²) < 4.78 is 73.3. The molecule has 0 heterocycles. The second kappa shape index (κ2) is 73.3. The molecule has 2 aromatic rings. The van der Waals surface area contributed by atoms with Crippen LogP contribution >= 0.6 is 0 Å². The molecule has 44 heavy (non-hydrogen) atoms. The Hall–Kier alpha value is -1.33. The zero-order valence-corrected chi connectivity index (χ0v) is 29.2. The van der Waals surface area contributed by atoms with Crippen molar-refractivity contribution < 1.29 is 98.1 Å². The Morgan fingerprint density at radius 1 is 0.591 bits per heavy atom. The molecule has 0 bridgehead atoms. The summed E-state index contributed by atoms with van der Waals surface area (Å²) in [4.78, 5) is 1.11. The van der Waals surface area contributed by atoms with Crippen LogP contribution in [0.1, 0.15) is 18.1 Å². The van der Waals surface area contributed by atoms with E-state index in [1.165, 1.54) is 23.0 Å². The van der Waals surface area contributed by atoms with Gasteiger partial charge in [0.05, 0.1) is 0 Å². The number of hydrogen-bond acceptors (Lipinski definition) is 1. The summed E-state index contributed by atoms with van der Waals surface area (Å²) in [5, 5.41) is 0. The van der Waals surface area contributed by atoms with E-state index in [1.807, 2.05) is 13.0 Å². The number of rotatable bonds is 5. The molecule has 0 saturated heterocycles. The van der Waals surface area contributed by atoms with Crippen molar-refractivity contribution >= 4 is 33.1 Å². The van der Waals surface area contributed by atoms with Gasteiger partial charge in [-0.3, -0.25) is 0 Å². The molecule has 1 aliphatic rings. The molecule has 3 rings (SSSR count). The molecule has 0 spiro atoms. The van der Waals surface area contributed by atoms with Crippen molar-refractivity contribution in [2.45, 2.75) is 13.3 Å². The van der Waals surface area contributed by atoms with E-state index in [0.717, 1.165) is 17.3 Å². The second-order valence-electron chi connectivity index (χ2n) is 5.20. The van der Waals surface area contributed by atoms with E-state index in [-0.39, 0.29) is 68.6 Å². The van der Waals surface area contributed by atoms with Gasteiger partial charge < -0.3 is 0 Å². The minimum absolute atomic E-state index is 0. The SMILES string of the molecule is CCO[C]1[CH][C](Cc2ccccc2)[C](c2ccccc2)[C]1[Se].[C-]#[O+].[C-]#[O+].[C-]#[O+].[C-]#[O+].[C-]#[O+].[C-]#[O+].[C-]#[O+].[C-]#[O+].[C-]#[O+].[Cr].[Fe].[Fe].[Se]. The van der Waals surface area contributed by atoms with Crippen LogP contribution in [0.4, 0.5) is 0 Å². The van der Waals surface area contributed by atoms with Crippen LogP contribution < -0.4 is 0 Å². The van der Waals surface area contributed by atoms with E-state index in [1.54, 1.807) is 0 Å². The smallest absolute Gasteiger partial charge is 0 e. The maximum Gasteiger partial charge on any atom is 0 e. The Balaban J connectivity index is -0.0000000479. The summed E-state index contributed by atoms with van der Waals surface area (Å²) in [5.74, 6) is 2.56. The molecule has 1 aliphatic carbocycles. The van der Waals surface area contributed by atoms with Crippen molar-refractivity contribution in [3.05, 3.63) is 161 Å². The predicted octanol–water partition coefficient (Wildman–Crippen LogP) is 3.19. The molecule has 1 fully saturated rings. The van der Waals surface area contributed by atoms with Crippen molar-refractivity contribution in [1.29, 1.82) is 0 Å². The molecular formula is C29H18CrFe2O10Se2. The van der Waals surface area contributed by atoms with Gasteiger partial charge in [0.2, 0.25) is 0 Å². The first-order chi connectivity index (χ1) is 19.8. The Bertz CT molecular complexity index is 896. The number of hydrogen-bond donors (Lipinski definition) is 0. The Morgan fingerprint density at radius 2 is 0.909 bits per heavy atom. The predicted molar refractivity (Wildman–Crippen MR) is 131 cm³/mol. The fourth-order valence-electron chi connectivity index (χ4n) is 2.70. The summed E-state index contributed by atoms with van der Waals surface area (Å²) in [6.07, 6.45) is 4.03. The number of ether oxygens (including phenoxy) is 1. The van der Waals surface area contributed by atoms with E-state index in [4.69, 9.17) is 46.6 Å². The van der Waals surface area contributed by atoms with Gasteiger partial charge in [-0.15, -0.1) is 0 Å². The normalized spacial score (nSPS) is 9.45. The Kier molecular flexibility index (Phi) is 123. The third-order valence-corrected chi connectivity index (χ3v) is 4.53. The molecule has 0 aromatic heterocycles. The van der Waals surface area contributed by atoms with Gasteiger partial charge in [-0.1, -0.05) is 0 Å². The van der Waals surface area contributed by atoms with E-state index >= 15 is 0 Å². The summed E-state index contributed by atoms with van der Waals surface area (Å²) in [7, 11) is 0. The van der Waals surface area contributed by atoms with Gasteiger partial charge in [0, 0.05) is 68.6 Å². The summed E-state index contributed by atoms with van der Waals surface area (Å²) >= 11 is 3.20. The van der Waals surface area contributed by atoms with Crippen molar-refractivity contribution in [3.63, 3.8) is 0 Å². The fraction of sp³-hybridized carbons (Fsp3) is 0.103. The Labute approximate surface area is 309 Å². The largest absolute Gasteiger partial charge is 0 e. The van der Waals surface area contributed by atoms with Gasteiger partial charge in [-0.05, 0) is 0 Å². The molecule has 0 unspecified atom stereocenters. The molecular weight excluding hydrogens is 830 g/mol. The second-order valence-corrected chi connectivity index (χ2v) is 6.06. The van der Waals surface area contributed by atoms with Crippen LogP contribution in [0, 0.1) is 89.0 Å². The zero-order chi connectivity index (χ0) is 33.4. The van der Waals surface area contributed by atoms with Crippen LogP contribution in [0.3, 0.4) is 0 Å². The maximum atomic E-state index is 7.50. The van der Waals surface area contributed by atoms with Crippen LogP contribution in [-0.2, 0) is 105 Å². The molecule has 0 aliphatic heterocycles.